The van der Waals surface area contributed by atoms with Crippen LogP contribution in [0.1, 0.15) is 43.4 Å². The molecule has 7 rings (SSSR count). The van der Waals surface area contributed by atoms with Crippen molar-refractivity contribution in [2.45, 2.75) is 37.6 Å². The highest BCUT2D eigenvalue weighted by Gasteiger charge is 2.57. The number of rotatable bonds is 5. The first-order valence-electron chi connectivity index (χ1n) is 12.8. The fourth-order valence-corrected chi connectivity index (χ4v) is 5.61. The molecular formula is C29H26N4O3. The molecule has 7 nitrogen and oxygen atoms in total. The maximum atomic E-state index is 13.3. The summed E-state index contributed by atoms with van der Waals surface area (Å²) in [5, 5.41) is 9.99. The Balaban J connectivity index is 1.12. The van der Waals surface area contributed by atoms with E-state index in [1.807, 2.05) is 46.2 Å². The van der Waals surface area contributed by atoms with E-state index in [9.17, 15) is 9.59 Å². The lowest BCUT2D eigenvalue weighted by Crippen LogP contribution is -2.40. The number of nitriles is 1. The number of amides is 2. The lowest BCUT2D eigenvalue weighted by molar-refractivity contribution is -0.131. The second-order valence-corrected chi connectivity index (χ2v) is 10.6. The van der Waals surface area contributed by atoms with E-state index < -0.39 is 5.54 Å². The molecule has 3 fully saturated rings. The molecule has 0 unspecified atom stereocenters. The molecule has 180 valence electrons. The predicted octanol–water partition coefficient (Wildman–Crippen LogP) is 4.35. The molecule has 2 aliphatic carbocycles. The monoisotopic (exact) mass is 478 g/mol. The van der Waals surface area contributed by atoms with Gasteiger partial charge in [0.15, 0.2) is 0 Å². The average molecular weight is 479 g/mol. The molecule has 2 saturated carbocycles. The van der Waals surface area contributed by atoms with Gasteiger partial charge in [0, 0.05) is 42.6 Å². The van der Waals surface area contributed by atoms with Crippen LogP contribution in [-0.4, -0.2) is 52.6 Å². The topological polar surface area (TPSA) is 89.9 Å². The third kappa shape index (κ3) is 3.51. The molecule has 7 heteroatoms. The molecule has 2 aromatic carbocycles. The minimum Gasteiger partial charge on any atom is -0.446 e. The summed E-state index contributed by atoms with van der Waals surface area (Å²) in [4.78, 5) is 34.6. The Morgan fingerprint density at radius 1 is 1.06 bits per heavy atom. The fourth-order valence-electron chi connectivity index (χ4n) is 5.61. The summed E-state index contributed by atoms with van der Waals surface area (Å²) in [5.74, 6) is 2.01. The fraction of sp³-hybridized carbons (Fsp3) is 0.379. The van der Waals surface area contributed by atoms with Crippen LogP contribution >= 0.6 is 0 Å². The van der Waals surface area contributed by atoms with Crippen LogP contribution in [0, 0.1) is 23.2 Å². The van der Waals surface area contributed by atoms with Crippen LogP contribution < -0.4 is 0 Å². The molecule has 1 aromatic heterocycles. The van der Waals surface area contributed by atoms with Gasteiger partial charge in [-0.2, -0.15) is 5.26 Å². The number of benzene rings is 2. The second kappa shape index (κ2) is 7.79. The van der Waals surface area contributed by atoms with E-state index in [1.165, 1.54) is 0 Å². The van der Waals surface area contributed by atoms with Crippen molar-refractivity contribution < 1.29 is 14.0 Å². The van der Waals surface area contributed by atoms with Gasteiger partial charge in [-0.15, -0.1) is 0 Å². The first-order valence-corrected chi connectivity index (χ1v) is 12.8. The zero-order valence-corrected chi connectivity index (χ0v) is 19.9. The van der Waals surface area contributed by atoms with Crippen molar-refractivity contribution in [3.63, 3.8) is 0 Å². The molecule has 2 amide bonds. The number of aliphatic imine (C=N–C) groups is 1. The molecule has 0 radical (unpaired) electrons. The van der Waals surface area contributed by atoms with Crippen LogP contribution in [0.25, 0.3) is 22.1 Å². The van der Waals surface area contributed by atoms with E-state index >= 15 is 0 Å². The third-order valence-corrected chi connectivity index (χ3v) is 8.01. The molecule has 4 aliphatic rings. The number of fused-ring (bicyclic) bond motifs is 1. The van der Waals surface area contributed by atoms with Crippen LogP contribution in [0.4, 0.5) is 0 Å². The minimum atomic E-state index is -0.555. The van der Waals surface area contributed by atoms with E-state index in [1.54, 1.807) is 6.07 Å². The maximum Gasteiger partial charge on any atom is 0.256 e. The highest BCUT2D eigenvalue weighted by Crippen LogP contribution is 2.46. The average Bonchev–Trinajstić information content (AvgIpc) is 3.79. The van der Waals surface area contributed by atoms with Crippen LogP contribution in [0.2, 0.25) is 0 Å². The number of likely N-dealkylation sites (tertiary alicyclic amines) is 1. The number of amidine groups is 1. The summed E-state index contributed by atoms with van der Waals surface area (Å²) in [5.41, 5.74) is 3.16. The Labute approximate surface area is 209 Å². The molecule has 2 aliphatic heterocycles. The van der Waals surface area contributed by atoms with Crippen LogP contribution in [-0.2, 0) is 9.59 Å². The largest absolute Gasteiger partial charge is 0.446 e. The zero-order valence-electron chi connectivity index (χ0n) is 19.9. The summed E-state index contributed by atoms with van der Waals surface area (Å²) in [7, 11) is 0. The van der Waals surface area contributed by atoms with Gasteiger partial charge in [0.25, 0.3) is 5.91 Å². The van der Waals surface area contributed by atoms with Gasteiger partial charge in [-0.3, -0.25) is 19.5 Å². The predicted molar refractivity (Wildman–Crippen MR) is 134 cm³/mol. The Morgan fingerprint density at radius 3 is 2.53 bits per heavy atom. The van der Waals surface area contributed by atoms with E-state index in [2.05, 4.69) is 12.1 Å². The first-order chi connectivity index (χ1) is 17.5. The van der Waals surface area contributed by atoms with Gasteiger partial charge in [0.05, 0.1) is 0 Å². The Bertz CT molecular complexity index is 1470. The number of hydrogen-bond acceptors (Lipinski definition) is 5. The van der Waals surface area contributed by atoms with Crippen molar-refractivity contribution in [3.05, 3.63) is 59.9 Å². The summed E-state index contributed by atoms with van der Waals surface area (Å²) in [6.45, 7) is 2.15. The normalized spacial score (nSPS) is 22.4. The van der Waals surface area contributed by atoms with Crippen molar-refractivity contribution in [2.24, 2.45) is 16.8 Å². The van der Waals surface area contributed by atoms with Gasteiger partial charge in [0.2, 0.25) is 11.7 Å². The molecule has 36 heavy (non-hydrogen) atoms. The first kappa shape index (κ1) is 21.4. The smallest absolute Gasteiger partial charge is 0.256 e. The van der Waals surface area contributed by atoms with Gasteiger partial charge in [-0.1, -0.05) is 30.3 Å². The van der Waals surface area contributed by atoms with Crippen LogP contribution in [0.5, 0.6) is 0 Å². The quantitative estimate of drug-likeness (QED) is 0.545. The standard InChI is InChI=1S/C29H26N4O3/c30-15-24-14-23-13-22(7-8-25(23)36-24)19-1-3-20(4-2-19)26-31-29(10-11-29)28(35)33(26)17-18-9-12-32(16-18)27(34)21-5-6-21/h1-4,7-8,13-14,18,21H,5-6,9-12,16-17H2/t18-/m1/s1. The summed E-state index contributed by atoms with van der Waals surface area (Å²) in [6.07, 6.45) is 4.62. The SMILES string of the molecule is N#Cc1cc2cc(-c3ccc(C4=NC5(CC5)C(=O)N4C[C@@H]4CCN(C(=O)C5CC5)C4)cc3)ccc2o1. The van der Waals surface area contributed by atoms with Crippen molar-refractivity contribution in [3.8, 4) is 17.2 Å². The highest BCUT2D eigenvalue weighted by molar-refractivity contribution is 6.16. The van der Waals surface area contributed by atoms with E-state index in [4.69, 9.17) is 14.7 Å². The summed E-state index contributed by atoms with van der Waals surface area (Å²) < 4.78 is 5.49. The summed E-state index contributed by atoms with van der Waals surface area (Å²) >= 11 is 0. The molecule has 3 aromatic rings. The van der Waals surface area contributed by atoms with Crippen molar-refractivity contribution in [1.29, 1.82) is 5.26 Å². The minimum absolute atomic E-state index is 0.118. The van der Waals surface area contributed by atoms with Gasteiger partial charge in [0.1, 0.15) is 23.0 Å². The van der Waals surface area contributed by atoms with Gasteiger partial charge < -0.3 is 9.32 Å². The number of carbonyl (C=O) groups is 2. The molecule has 0 bridgehead atoms. The summed E-state index contributed by atoms with van der Waals surface area (Å²) in [6, 6.07) is 17.9. The second-order valence-electron chi connectivity index (χ2n) is 10.6. The molecular weight excluding hydrogens is 452 g/mol. The van der Waals surface area contributed by atoms with E-state index in [0.29, 0.717) is 23.8 Å². The number of furan rings is 1. The molecule has 3 heterocycles. The maximum absolute atomic E-state index is 13.3. The van der Waals surface area contributed by atoms with Crippen LogP contribution in [0.15, 0.2) is 57.9 Å². The number of hydrogen-bond donors (Lipinski definition) is 0. The molecule has 0 N–H and O–H groups in total. The Kier molecular flexibility index (Phi) is 4.62. The third-order valence-electron chi connectivity index (χ3n) is 8.01. The molecule has 1 atom stereocenters. The van der Waals surface area contributed by atoms with Crippen molar-refractivity contribution >= 4 is 28.6 Å². The van der Waals surface area contributed by atoms with E-state index in [0.717, 1.165) is 73.1 Å². The molecule has 1 saturated heterocycles. The van der Waals surface area contributed by atoms with Crippen LogP contribution in [0.3, 0.4) is 0 Å². The lowest BCUT2D eigenvalue weighted by atomic mass is 10.0. The highest BCUT2D eigenvalue weighted by atomic mass is 16.3. The van der Waals surface area contributed by atoms with Gasteiger partial charge in [-0.05, 0) is 61.3 Å². The zero-order chi connectivity index (χ0) is 24.4. The van der Waals surface area contributed by atoms with Gasteiger partial charge >= 0.3 is 0 Å². The van der Waals surface area contributed by atoms with Gasteiger partial charge in [-0.25, -0.2) is 0 Å². The van der Waals surface area contributed by atoms with E-state index in [-0.39, 0.29) is 17.7 Å². The molecule has 1 spiro atoms. The number of nitrogens with zero attached hydrogens (tertiary/aromatic N) is 4. The number of carbonyl (C=O) groups excluding carboxylic acids is 2. The lowest BCUT2D eigenvalue weighted by Gasteiger charge is -2.23. The van der Waals surface area contributed by atoms with Crippen molar-refractivity contribution in [2.75, 3.05) is 19.6 Å². The Hall–Kier alpha value is -3.92. The Morgan fingerprint density at radius 2 is 1.81 bits per heavy atom. The van der Waals surface area contributed by atoms with Crippen molar-refractivity contribution in [1.82, 2.24) is 9.80 Å².